The molecule has 0 amide bonds. The van der Waals surface area contributed by atoms with Gasteiger partial charge in [-0.1, -0.05) is 43.7 Å². The molecule has 0 radical (unpaired) electrons. The number of anilines is 1. The van der Waals surface area contributed by atoms with Gasteiger partial charge in [0.2, 0.25) is 0 Å². The normalized spacial score (nSPS) is 10.8. The number of nitrogens with zero attached hydrogens (tertiary/aromatic N) is 1. The Morgan fingerprint density at radius 3 is 2.44 bits per heavy atom. The minimum absolute atomic E-state index is 0.597. The number of benzene rings is 2. The Kier molecular flexibility index (Phi) is 4.21. The molecule has 2 rings (SSSR count). The summed E-state index contributed by atoms with van der Waals surface area (Å²) in [5.41, 5.74) is 8.33. The molecule has 0 bridgehead atoms. The zero-order chi connectivity index (χ0) is 13.0. The van der Waals surface area contributed by atoms with Crippen LogP contribution in [0.5, 0.6) is 0 Å². The van der Waals surface area contributed by atoms with Crippen molar-refractivity contribution in [2.24, 2.45) is 5.73 Å². The lowest BCUT2D eigenvalue weighted by Crippen LogP contribution is -2.18. The Bertz CT molecular complexity index is 519. The fourth-order valence-electron chi connectivity index (χ4n) is 2.37. The fourth-order valence-corrected chi connectivity index (χ4v) is 2.37. The first-order valence-corrected chi connectivity index (χ1v) is 6.69. The largest absolute Gasteiger partial charge is 0.374 e. The molecule has 0 spiro atoms. The van der Waals surface area contributed by atoms with E-state index >= 15 is 0 Å². The summed E-state index contributed by atoms with van der Waals surface area (Å²) in [5.74, 6) is 0. The molecule has 96 valence electrons. The van der Waals surface area contributed by atoms with Crippen LogP contribution in [0.15, 0.2) is 36.4 Å². The number of nitrogens with two attached hydrogens (primary N) is 1. The van der Waals surface area contributed by atoms with E-state index in [-0.39, 0.29) is 0 Å². The van der Waals surface area contributed by atoms with Crippen molar-refractivity contribution in [1.82, 2.24) is 0 Å². The van der Waals surface area contributed by atoms with E-state index in [1.807, 2.05) is 0 Å². The highest BCUT2D eigenvalue weighted by molar-refractivity contribution is 5.96. The number of rotatable bonds is 5. The predicted molar refractivity (Wildman–Crippen MR) is 80.0 cm³/mol. The Hall–Kier alpha value is -1.54. The molecule has 0 saturated heterocycles. The molecule has 0 unspecified atom stereocenters. The first-order valence-electron chi connectivity index (χ1n) is 6.69. The molecule has 2 nitrogen and oxygen atoms in total. The molecule has 0 atom stereocenters. The minimum Gasteiger partial charge on any atom is -0.374 e. The number of fused-ring (bicyclic) bond motifs is 1. The van der Waals surface area contributed by atoms with Gasteiger partial charge in [-0.05, 0) is 23.4 Å². The summed E-state index contributed by atoms with van der Waals surface area (Å²) in [7, 11) is 2.17. The number of hydrogen-bond acceptors (Lipinski definition) is 2. The molecule has 0 heterocycles. The molecule has 18 heavy (non-hydrogen) atoms. The average molecular weight is 242 g/mol. The SMILES string of the molecule is CCCCN(C)c1ccc(CN)c2ccccc12. The lowest BCUT2D eigenvalue weighted by atomic mass is 10.0. The lowest BCUT2D eigenvalue weighted by Gasteiger charge is -2.22. The van der Waals surface area contributed by atoms with Gasteiger partial charge in [0.1, 0.15) is 0 Å². The maximum atomic E-state index is 5.81. The van der Waals surface area contributed by atoms with Crippen LogP contribution in [0.25, 0.3) is 10.8 Å². The molecule has 0 fully saturated rings. The monoisotopic (exact) mass is 242 g/mol. The van der Waals surface area contributed by atoms with Gasteiger partial charge in [0, 0.05) is 31.2 Å². The molecule has 2 aromatic carbocycles. The van der Waals surface area contributed by atoms with Crippen LogP contribution in [0.4, 0.5) is 5.69 Å². The third-order valence-electron chi connectivity index (χ3n) is 3.47. The highest BCUT2D eigenvalue weighted by atomic mass is 15.1. The van der Waals surface area contributed by atoms with E-state index in [0.29, 0.717) is 6.54 Å². The predicted octanol–water partition coefficient (Wildman–Crippen LogP) is 3.53. The molecule has 0 saturated carbocycles. The molecule has 0 aliphatic rings. The highest BCUT2D eigenvalue weighted by Gasteiger charge is 2.07. The van der Waals surface area contributed by atoms with E-state index in [1.54, 1.807) is 0 Å². The van der Waals surface area contributed by atoms with Crippen LogP contribution in [-0.2, 0) is 6.54 Å². The van der Waals surface area contributed by atoms with Gasteiger partial charge in [-0.3, -0.25) is 0 Å². The van der Waals surface area contributed by atoms with Gasteiger partial charge in [0.05, 0.1) is 0 Å². The summed E-state index contributed by atoms with van der Waals surface area (Å²) in [6.45, 7) is 3.92. The Morgan fingerprint density at radius 1 is 1.06 bits per heavy atom. The highest BCUT2D eigenvalue weighted by Crippen LogP contribution is 2.28. The zero-order valence-corrected chi connectivity index (χ0v) is 11.3. The number of unbranched alkanes of at least 4 members (excludes halogenated alkanes) is 1. The van der Waals surface area contributed by atoms with Crippen LogP contribution in [0, 0.1) is 0 Å². The summed E-state index contributed by atoms with van der Waals surface area (Å²) in [6, 6.07) is 12.9. The van der Waals surface area contributed by atoms with Crippen LogP contribution < -0.4 is 10.6 Å². The molecule has 2 aromatic rings. The lowest BCUT2D eigenvalue weighted by molar-refractivity contribution is 0.768. The van der Waals surface area contributed by atoms with Crippen molar-refractivity contribution in [2.45, 2.75) is 26.3 Å². The Labute approximate surface area is 109 Å². The summed E-state index contributed by atoms with van der Waals surface area (Å²) >= 11 is 0. The average Bonchev–Trinajstić information content (AvgIpc) is 2.43. The topological polar surface area (TPSA) is 29.3 Å². The second-order valence-electron chi connectivity index (χ2n) is 4.77. The minimum atomic E-state index is 0.597. The van der Waals surface area contributed by atoms with Gasteiger partial charge >= 0.3 is 0 Å². The third kappa shape index (κ3) is 2.49. The van der Waals surface area contributed by atoms with Gasteiger partial charge in [-0.15, -0.1) is 0 Å². The van der Waals surface area contributed by atoms with Crippen molar-refractivity contribution in [1.29, 1.82) is 0 Å². The van der Waals surface area contributed by atoms with E-state index in [1.165, 1.54) is 34.9 Å². The Morgan fingerprint density at radius 2 is 1.78 bits per heavy atom. The van der Waals surface area contributed by atoms with Gasteiger partial charge in [0.25, 0.3) is 0 Å². The van der Waals surface area contributed by atoms with Crippen molar-refractivity contribution in [3.63, 3.8) is 0 Å². The van der Waals surface area contributed by atoms with Crippen LogP contribution >= 0.6 is 0 Å². The first-order chi connectivity index (χ1) is 8.77. The van der Waals surface area contributed by atoms with E-state index in [2.05, 4.69) is 55.3 Å². The molecule has 2 heteroatoms. The third-order valence-corrected chi connectivity index (χ3v) is 3.47. The Balaban J connectivity index is 2.45. The van der Waals surface area contributed by atoms with Gasteiger partial charge in [0.15, 0.2) is 0 Å². The smallest absolute Gasteiger partial charge is 0.0443 e. The van der Waals surface area contributed by atoms with Crippen molar-refractivity contribution in [3.05, 3.63) is 42.0 Å². The maximum absolute atomic E-state index is 5.81. The fraction of sp³-hybridized carbons (Fsp3) is 0.375. The summed E-state index contributed by atoms with van der Waals surface area (Å²) in [4.78, 5) is 2.34. The van der Waals surface area contributed by atoms with Gasteiger partial charge in [-0.25, -0.2) is 0 Å². The van der Waals surface area contributed by atoms with Gasteiger partial charge in [-0.2, -0.15) is 0 Å². The summed E-state index contributed by atoms with van der Waals surface area (Å²) in [5, 5.41) is 2.58. The van der Waals surface area contributed by atoms with Crippen LogP contribution in [-0.4, -0.2) is 13.6 Å². The molecule has 0 aliphatic carbocycles. The van der Waals surface area contributed by atoms with Crippen LogP contribution in [0.2, 0.25) is 0 Å². The molecule has 2 N–H and O–H groups in total. The molecular weight excluding hydrogens is 220 g/mol. The summed E-state index contributed by atoms with van der Waals surface area (Å²) < 4.78 is 0. The van der Waals surface area contributed by atoms with Crippen molar-refractivity contribution >= 4 is 16.5 Å². The van der Waals surface area contributed by atoms with E-state index in [4.69, 9.17) is 5.73 Å². The van der Waals surface area contributed by atoms with Crippen molar-refractivity contribution < 1.29 is 0 Å². The van der Waals surface area contributed by atoms with Crippen molar-refractivity contribution in [2.75, 3.05) is 18.5 Å². The number of hydrogen-bond donors (Lipinski definition) is 1. The molecular formula is C16H22N2. The second kappa shape index (κ2) is 5.87. The molecule has 0 aliphatic heterocycles. The van der Waals surface area contributed by atoms with Crippen molar-refractivity contribution in [3.8, 4) is 0 Å². The standard InChI is InChI=1S/C16H22N2/c1-3-4-11-18(2)16-10-9-13(12-17)14-7-5-6-8-15(14)16/h5-10H,3-4,11-12,17H2,1-2H3. The zero-order valence-electron chi connectivity index (χ0n) is 11.3. The second-order valence-corrected chi connectivity index (χ2v) is 4.77. The maximum Gasteiger partial charge on any atom is 0.0443 e. The quantitative estimate of drug-likeness (QED) is 0.869. The van der Waals surface area contributed by atoms with Crippen LogP contribution in [0.1, 0.15) is 25.3 Å². The first kappa shape index (κ1) is 12.9. The van der Waals surface area contributed by atoms with Gasteiger partial charge < -0.3 is 10.6 Å². The van der Waals surface area contributed by atoms with Crippen LogP contribution in [0.3, 0.4) is 0 Å². The van der Waals surface area contributed by atoms with E-state index in [0.717, 1.165) is 6.54 Å². The van der Waals surface area contributed by atoms with E-state index in [9.17, 15) is 0 Å². The summed E-state index contributed by atoms with van der Waals surface area (Å²) in [6.07, 6.45) is 2.45. The molecule has 0 aromatic heterocycles. The van der Waals surface area contributed by atoms with E-state index < -0.39 is 0 Å².